The molecule has 1 saturated heterocycles. The molecule has 0 radical (unpaired) electrons. The summed E-state index contributed by atoms with van der Waals surface area (Å²) in [6.45, 7) is 10.6. The molecule has 1 saturated carbocycles. The van der Waals surface area contributed by atoms with Crippen molar-refractivity contribution in [1.82, 2.24) is 25.5 Å². The molecule has 1 aliphatic carbocycles. The van der Waals surface area contributed by atoms with E-state index in [9.17, 15) is 29.4 Å². The number of aliphatic carboxylic acids is 1. The van der Waals surface area contributed by atoms with Crippen molar-refractivity contribution in [2.24, 2.45) is 23.2 Å². The Morgan fingerprint density at radius 2 is 1.83 bits per heavy atom. The normalized spacial score (nSPS) is 27.3. The third-order valence-corrected chi connectivity index (χ3v) is 7.40. The summed E-state index contributed by atoms with van der Waals surface area (Å²) in [6.07, 6.45) is 5.08. The van der Waals surface area contributed by atoms with Gasteiger partial charge in [-0.1, -0.05) is 34.6 Å². The van der Waals surface area contributed by atoms with Crippen molar-refractivity contribution in [3.05, 3.63) is 24.3 Å². The van der Waals surface area contributed by atoms with Gasteiger partial charge in [0.25, 0.3) is 5.91 Å². The molecule has 11 heteroatoms. The number of aliphatic hydroxyl groups is 1. The lowest BCUT2D eigenvalue weighted by atomic mass is 9.85. The molecule has 1 aromatic rings. The average molecular weight is 504 g/mol. The Morgan fingerprint density at radius 3 is 2.36 bits per heavy atom. The number of carbonyl (C=O) groups is 4. The van der Waals surface area contributed by atoms with Crippen molar-refractivity contribution < 1.29 is 29.4 Å². The highest BCUT2D eigenvalue weighted by molar-refractivity contribution is 5.97. The smallest absolute Gasteiger partial charge is 0.326 e. The summed E-state index contributed by atoms with van der Waals surface area (Å²) in [5, 5.41) is 26.2. The molecular formula is C25H37N5O6. The van der Waals surface area contributed by atoms with Gasteiger partial charge >= 0.3 is 5.97 Å². The van der Waals surface area contributed by atoms with Gasteiger partial charge in [-0.2, -0.15) is 0 Å². The molecule has 6 atom stereocenters. The van der Waals surface area contributed by atoms with Crippen molar-refractivity contribution in [2.75, 3.05) is 6.54 Å². The molecule has 0 bridgehead atoms. The van der Waals surface area contributed by atoms with Gasteiger partial charge in [-0.15, -0.1) is 0 Å². The van der Waals surface area contributed by atoms with Gasteiger partial charge < -0.3 is 25.7 Å². The van der Waals surface area contributed by atoms with Gasteiger partial charge in [-0.3, -0.25) is 19.4 Å². The molecule has 11 nitrogen and oxygen atoms in total. The summed E-state index contributed by atoms with van der Waals surface area (Å²) < 4.78 is 0. The third-order valence-electron chi connectivity index (χ3n) is 7.40. The van der Waals surface area contributed by atoms with Crippen LogP contribution in [0.3, 0.4) is 0 Å². The fourth-order valence-electron chi connectivity index (χ4n) is 5.33. The van der Waals surface area contributed by atoms with Gasteiger partial charge in [-0.05, 0) is 37.0 Å². The topological polar surface area (TPSA) is 162 Å². The number of likely N-dealkylation sites (tertiary alicyclic amines) is 1. The SMILES string of the molecule is CC(C)[C@@H](NC(=O)c1cnccn1)C(=O)N[C@H](C(=O)N1C[C@H]2[C@H](CC[C@@]2(C)O)[C@H]1C(=O)O)C(C)(C)C. The number of nitrogens with zero attached hydrogens (tertiary/aromatic N) is 3. The standard InChI is InChI=1S/C25H37N5O6/c1-13(2)17(28-20(31)16-11-26-9-10-27-16)21(32)29-19(24(3,4)5)22(33)30-12-15-14(18(30)23(34)35)7-8-25(15,6)36/h9-11,13-15,17-19,36H,7-8,12H2,1-6H3,(H,28,31)(H,29,32)(H,34,35)/t14-,15-,17+,18-,19+,25+/m0/s1. The number of carboxylic acid groups (broad SMARTS) is 1. The quantitative estimate of drug-likeness (QED) is 0.425. The van der Waals surface area contributed by atoms with Crippen LogP contribution in [0, 0.1) is 23.2 Å². The van der Waals surface area contributed by atoms with Crippen LogP contribution in [0.2, 0.25) is 0 Å². The maximum Gasteiger partial charge on any atom is 0.326 e. The number of hydrogen-bond acceptors (Lipinski definition) is 7. The second-order valence-electron chi connectivity index (χ2n) is 11.5. The van der Waals surface area contributed by atoms with E-state index in [1.54, 1.807) is 41.5 Å². The fourth-order valence-corrected chi connectivity index (χ4v) is 5.33. The lowest BCUT2D eigenvalue weighted by molar-refractivity contribution is -0.152. The van der Waals surface area contributed by atoms with E-state index >= 15 is 0 Å². The Kier molecular flexibility index (Phi) is 7.73. The second kappa shape index (κ2) is 10.1. The van der Waals surface area contributed by atoms with E-state index in [0.717, 1.165) is 0 Å². The van der Waals surface area contributed by atoms with Crippen LogP contribution in [-0.2, 0) is 14.4 Å². The zero-order chi connectivity index (χ0) is 27.0. The van der Waals surface area contributed by atoms with E-state index in [4.69, 9.17) is 0 Å². The van der Waals surface area contributed by atoms with Gasteiger partial charge in [0.15, 0.2) is 0 Å². The first kappa shape index (κ1) is 27.5. The van der Waals surface area contributed by atoms with Crippen LogP contribution in [0.1, 0.15) is 64.9 Å². The van der Waals surface area contributed by atoms with E-state index in [1.807, 2.05) is 0 Å². The van der Waals surface area contributed by atoms with Crippen LogP contribution in [0.25, 0.3) is 0 Å². The first-order valence-corrected chi connectivity index (χ1v) is 12.3. The number of hydrogen-bond donors (Lipinski definition) is 4. The van der Waals surface area contributed by atoms with Crippen LogP contribution in [-0.4, -0.2) is 79.0 Å². The monoisotopic (exact) mass is 503 g/mol. The fraction of sp³-hybridized carbons (Fsp3) is 0.680. The second-order valence-corrected chi connectivity index (χ2v) is 11.5. The van der Waals surface area contributed by atoms with Gasteiger partial charge in [-0.25, -0.2) is 9.78 Å². The van der Waals surface area contributed by atoms with Crippen molar-refractivity contribution in [2.45, 2.75) is 78.1 Å². The van der Waals surface area contributed by atoms with Crippen molar-refractivity contribution >= 4 is 23.7 Å². The molecule has 198 valence electrons. The first-order valence-electron chi connectivity index (χ1n) is 12.3. The lowest BCUT2D eigenvalue weighted by Gasteiger charge is -2.37. The zero-order valence-electron chi connectivity index (χ0n) is 21.7. The minimum absolute atomic E-state index is 0.0550. The van der Waals surface area contributed by atoms with Gasteiger partial charge in [0, 0.05) is 24.9 Å². The Morgan fingerprint density at radius 1 is 1.17 bits per heavy atom. The summed E-state index contributed by atoms with van der Waals surface area (Å²) in [7, 11) is 0. The van der Waals surface area contributed by atoms with Gasteiger partial charge in [0.2, 0.25) is 11.8 Å². The molecule has 2 fully saturated rings. The molecule has 36 heavy (non-hydrogen) atoms. The molecule has 2 aliphatic rings. The van der Waals surface area contributed by atoms with Crippen LogP contribution < -0.4 is 10.6 Å². The number of carbonyl (C=O) groups excluding carboxylic acids is 3. The Labute approximate surface area is 211 Å². The van der Waals surface area contributed by atoms with Crippen LogP contribution in [0.5, 0.6) is 0 Å². The molecule has 0 aromatic carbocycles. The molecule has 4 N–H and O–H groups in total. The van der Waals surface area contributed by atoms with Gasteiger partial charge in [0.05, 0.1) is 11.8 Å². The summed E-state index contributed by atoms with van der Waals surface area (Å²) in [5.74, 6) is -3.79. The molecular weight excluding hydrogens is 466 g/mol. The van der Waals surface area contributed by atoms with Crippen molar-refractivity contribution in [1.29, 1.82) is 0 Å². The van der Waals surface area contributed by atoms with E-state index in [0.29, 0.717) is 12.8 Å². The predicted molar refractivity (Wildman–Crippen MR) is 129 cm³/mol. The Hall–Kier alpha value is -3.08. The molecule has 0 unspecified atom stereocenters. The molecule has 1 aromatic heterocycles. The summed E-state index contributed by atoms with van der Waals surface area (Å²) in [5.41, 5.74) is -1.76. The number of amides is 3. The predicted octanol–water partition coefficient (Wildman–Crippen LogP) is 0.835. The maximum absolute atomic E-state index is 13.8. The highest BCUT2D eigenvalue weighted by Crippen LogP contribution is 2.48. The average Bonchev–Trinajstić information content (AvgIpc) is 3.32. The van der Waals surface area contributed by atoms with Crippen LogP contribution in [0.4, 0.5) is 0 Å². The van der Waals surface area contributed by atoms with E-state index < -0.39 is 52.8 Å². The van der Waals surface area contributed by atoms with E-state index in [2.05, 4.69) is 20.6 Å². The third kappa shape index (κ3) is 5.50. The number of aromatic nitrogens is 2. The zero-order valence-corrected chi connectivity index (χ0v) is 21.7. The molecule has 3 amide bonds. The van der Waals surface area contributed by atoms with Crippen molar-refractivity contribution in [3.8, 4) is 0 Å². The number of rotatable bonds is 7. The van der Waals surface area contributed by atoms with E-state index in [-0.39, 0.29) is 30.0 Å². The Balaban J connectivity index is 1.83. The summed E-state index contributed by atoms with van der Waals surface area (Å²) in [6, 6.07) is -3.09. The minimum Gasteiger partial charge on any atom is -0.480 e. The van der Waals surface area contributed by atoms with Crippen LogP contribution in [0.15, 0.2) is 18.6 Å². The summed E-state index contributed by atoms with van der Waals surface area (Å²) >= 11 is 0. The molecule has 1 aliphatic heterocycles. The Bertz CT molecular complexity index is 1010. The highest BCUT2D eigenvalue weighted by Gasteiger charge is 2.58. The van der Waals surface area contributed by atoms with Crippen LogP contribution >= 0.6 is 0 Å². The number of carboxylic acids is 1. The maximum atomic E-state index is 13.8. The largest absolute Gasteiger partial charge is 0.480 e. The van der Waals surface area contributed by atoms with Gasteiger partial charge in [0.1, 0.15) is 23.8 Å². The highest BCUT2D eigenvalue weighted by atomic mass is 16.4. The van der Waals surface area contributed by atoms with E-state index in [1.165, 1.54) is 23.5 Å². The molecule has 2 heterocycles. The first-order chi connectivity index (χ1) is 16.6. The number of nitrogens with one attached hydrogen (secondary N) is 2. The lowest BCUT2D eigenvalue weighted by Crippen LogP contribution is -2.61. The minimum atomic E-state index is -1.12. The number of fused-ring (bicyclic) bond motifs is 1. The molecule has 3 rings (SSSR count). The molecule has 0 spiro atoms. The summed E-state index contributed by atoms with van der Waals surface area (Å²) in [4.78, 5) is 61.1. The van der Waals surface area contributed by atoms with Crippen molar-refractivity contribution in [3.63, 3.8) is 0 Å².